The smallest absolute Gasteiger partial charge is 0.119 e. The topological polar surface area (TPSA) is 80.9 Å². The van der Waals surface area contributed by atoms with Crippen molar-refractivity contribution in [2.24, 2.45) is 0 Å². The third kappa shape index (κ3) is 16.9. The Hall–Kier alpha value is -8.47. The number of benzene rings is 12. The third-order valence-corrected chi connectivity index (χ3v) is 15.2. The van der Waals surface area contributed by atoms with Gasteiger partial charge in [0, 0.05) is 56.8 Å². The Kier molecular flexibility index (Phi) is 23.1. The molecule has 12 aromatic carbocycles. The summed E-state index contributed by atoms with van der Waals surface area (Å²) in [7, 11) is 0. The van der Waals surface area contributed by atoms with E-state index < -0.39 is 22.4 Å². The SMILES string of the molecule is OC(Cc1ccccc1)(c1ccccc1)c1ccccc1.OC(Cc1ccccc1)(c1ccccc1)c1ccccc1.OC(Cc1ccccc1)(c1ccccc1)c1ccccc1.OC(Cc1ccccc1)(c1ccccc1)c1ccccc1.[U]. The average molecular weight is 1340 g/mol. The molecule has 0 spiro atoms. The van der Waals surface area contributed by atoms with Gasteiger partial charge in [0.2, 0.25) is 0 Å². The summed E-state index contributed by atoms with van der Waals surface area (Å²) >= 11 is 0. The molecule has 0 aliphatic rings. The van der Waals surface area contributed by atoms with Crippen molar-refractivity contribution in [3.63, 3.8) is 0 Å². The molecule has 420 valence electrons. The van der Waals surface area contributed by atoms with Crippen molar-refractivity contribution in [3.8, 4) is 0 Å². The molecule has 0 saturated heterocycles. The van der Waals surface area contributed by atoms with Crippen LogP contribution in [0.15, 0.2) is 364 Å². The summed E-state index contributed by atoms with van der Waals surface area (Å²) in [5, 5.41) is 45.6. The Bertz CT molecular complexity index is 3060. The van der Waals surface area contributed by atoms with Gasteiger partial charge in [0.05, 0.1) is 0 Å². The van der Waals surface area contributed by atoms with E-state index >= 15 is 0 Å². The minimum absolute atomic E-state index is 0. The van der Waals surface area contributed by atoms with Crippen LogP contribution in [0.2, 0.25) is 0 Å². The van der Waals surface area contributed by atoms with Gasteiger partial charge in [-0.3, -0.25) is 0 Å². The predicted octanol–water partition coefficient (Wildman–Crippen LogP) is 16.7. The molecule has 4 N–H and O–H groups in total. The van der Waals surface area contributed by atoms with Crippen LogP contribution in [0.25, 0.3) is 0 Å². The van der Waals surface area contributed by atoms with E-state index in [1.54, 1.807) is 0 Å². The number of rotatable bonds is 16. The fourth-order valence-corrected chi connectivity index (χ4v) is 10.8. The van der Waals surface area contributed by atoms with E-state index in [-0.39, 0.29) is 31.1 Å². The maximum Gasteiger partial charge on any atom is 0.119 e. The first-order valence-electron chi connectivity index (χ1n) is 28.7. The second-order valence-electron chi connectivity index (χ2n) is 21.0. The van der Waals surface area contributed by atoms with Gasteiger partial charge < -0.3 is 20.4 Å². The van der Waals surface area contributed by atoms with Crippen LogP contribution in [-0.2, 0) is 48.1 Å². The fourth-order valence-electron chi connectivity index (χ4n) is 10.8. The van der Waals surface area contributed by atoms with E-state index in [2.05, 4.69) is 48.5 Å². The van der Waals surface area contributed by atoms with Crippen LogP contribution in [0.4, 0.5) is 0 Å². The number of hydrogen-bond donors (Lipinski definition) is 4. The first-order chi connectivity index (χ1) is 41.2. The summed E-state index contributed by atoms with van der Waals surface area (Å²) in [5.41, 5.74) is 7.77. The zero-order valence-corrected chi connectivity index (χ0v) is 51.9. The van der Waals surface area contributed by atoms with Crippen molar-refractivity contribution in [2.75, 3.05) is 0 Å². The third-order valence-electron chi connectivity index (χ3n) is 15.2. The van der Waals surface area contributed by atoms with Crippen LogP contribution in [0.1, 0.15) is 66.8 Å². The maximum absolute atomic E-state index is 11.4. The summed E-state index contributed by atoms with van der Waals surface area (Å²) in [5.74, 6) is 0. The van der Waals surface area contributed by atoms with Gasteiger partial charge >= 0.3 is 0 Å². The molecule has 0 saturated carbocycles. The zero-order chi connectivity index (χ0) is 58.2. The van der Waals surface area contributed by atoms with Gasteiger partial charge in [0.25, 0.3) is 0 Å². The summed E-state index contributed by atoms with van der Waals surface area (Å²) in [6.45, 7) is 0. The Labute approximate surface area is 526 Å². The Morgan fingerprint density at radius 2 is 0.247 bits per heavy atom. The van der Waals surface area contributed by atoms with Crippen molar-refractivity contribution in [1.29, 1.82) is 0 Å². The van der Waals surface area contributed by atoms with E-state index in [1.165, 1.54) is 0 Å². The molecule has 0 atom stereocenters. The van der Waals surface area contributed by atoms with E-state index in [0.29, 0.717) is 25.7 Å². The standard InChI is InChI=1S/4C20H18O.U/c4*21-20(18-12-6-2-7-13-18,19-14-8-3-9-15-19)16-17-10-4-1-5-11-17;/h4*1-15,21H,16H2;. The van der Waals surface area contributed by atoms with Crippen molar-refractivity contribution < 1.29 is 51.5 Å². The predicted molar refractivity (Wildman–Crippen MR) is 344 cm³/mol. The summed E-state index contributed by atoms with van der Waals surface area (Å²) in [4.78, 5) is 0. The van der Waals surface area contributed by atoms with E-state index in [9.17, 15) is 20.4 Å². The quantitative estimate of drug-likeness (QED) is 0.0777. The molecule has 12 rings (SSSR count). The van der Waals surface area contributed by atoms with Crippen molar-refractivity contribution in [3.05, 3.63) is 431 Å². The summed E-state index contributed by atoms with van der Waals surface area (Å²) in [6.07, 6.45) is 2.23. The van der Waals surface area contributed by atoms with Gasteiger partial charge in [-0.2, -0.15) is 0 Å². The van der Waals surface area contributed by atoms with Crippen LogP contribution in [0, 0.1) is 31.1 Å². The van der Waals surface area contributed by atoms with Crippen LogP contribution in [-0.4, -0.2) is 20.4 Å². The van der Waals surface area contributed by atoms with E-state index in [0.717, 1.165) is 66.8 Å². The fraction of sp³-hybridized carbons (Fsp3) is 0.100. The second kappa shape index (κ2) is 31.4. The molecule has 12 aromatic rings. The van der Waals surface area contributed by atoms with Crippen LogP contribution in [0.5, 0.6) is 0 Å². The Morgan fingerprint density at radius 3 is 0.353 bits per heavy atom. The van der Waals surface area contributed by atoms with Gasteiger partial charge in [-0.05, 0) is 66.8 Å². The molecular formula is C80H72O4U. The van der Waals surface area contributed by atoms with Gasteiger partial charge in [-0.25, -0.2) is 0 Å². The average Bonchev–Trinajstić information content (AvgIpc) is 3.49. The molecular weight excluding hydrogens is 1260 g/mol. The molecule has 85 heavy (non-hydrogen) atoms. The Morgan fingerprint density at radius 1 is 0.153 bits per heavy atom. The molecule has 5 heteroatoms. The van der Waals surface area contributed by atoms with Gasteiger partial charge in [-0.1, -0.05) is 364 Å². The molecule has 0 radical (unpaired) electrons. The van der Waals surface area contributed by atoms with Crippen molar-refractivity contribution in [2.45, 2.75) is 48.1 Å². The van der Waals surface area contributed by atoms with Crippen LogP contribution in [0.3, 0.4) is 0 Å². The molecule has 0 aliphatic carbocycles. The zero-order valence-electron chi connectivity index (χ0n) is 47.8. The molecule has 0 heterocycles. The van der Waals surface area contributed by atoms with Crippen LogP contribution >= 0.6 is 0 Å². The maximum atomic E-state index is 11.4. The normalized spacial score (nSPS) is 11.2. The molecule has 4 nitrogen and oxygen atoms in total. The minimum Gasteiger partial charge on any atom is -0.380 e. The first-order valence-corrected chi connectivity index (χ1v) is 28.7. The molecule has 0 aromatic heterocycles. The monoisotopic (exact) mass is 1330 g/mol. The molecule has 0 unspecified atom stereocenters. The largest absolute Gasteiger partial charge is 0.380 e. The first kappa shape index (κ1) is 62.6. The Balaban J connectivity index is 0.000000147. The van der Waals surface area contributed by atoms with Crippen molar-refractivity contribution in [1.82, 2.24) is 0 Å². The van der Waals surface area contributed by atoms with Crippen LogP contribution < -0.4 is 0 Å². The number of hydrogen-bond acceptors (Lipinski definition) is 4. The molecule has 0 bridgehead atoms. The van der Waals surface area contributed by atoms with Gasteiger partial charge in [0.1, 0.15) is 22.4 Å². The minimum atomic E-state index is -1.01. The van der Waals surface area contributed by atoms with Gasteiger partial charge in [-0.15, -0.1) is 0 Å². The molecule has 0 fully saturated rings. The van der Waals surface area contributed by atoms with E-state index in [4.69, 9.17) is 0 Å². The molecule has 0 aliphatic heterocycles. The summed E-state index contributed by atoms with van der Waals surface area (Å²) in [6, 6.07) is 119. The number of aliphatic hydroxyl groups is 4. The summed E-state index contributed by atoms with van der Waals surface area (Å²) < 4.78 is 0. The van der Waals surface area contributed by atoms with E-state index in [1.807, 2.05) is 315 Å². The van der Waals surface area contributed by atoms with Crippen molar-refractivity contribution >= 4 is 0 Å². The second-order valence-corrected chi connectivity index (χ2v) is 21.0. The molecule has 0 amide bonds. The van der Waals surface area contributed by atoms with Gasteiger partial charge in [0.15, 0.2) is 0 Å².